The number of carbonyl (C=O) groups excluding carboxylic acids is 3. The number of hydrogen-bond donors (Lipinski definition) is 0. The molecule has 0 aromatic rings. The lowest BCUT2D eigenvalue weighted by Crippen LogP contribution is -2.46. The molecule has 3 unspecified atom stereocenters. The fourth-order valence-electron chi connectivity index (χ4n) is 4.96. The zero-order valence-electron chi connectivity index (χ0n) is 13.3. The lowest BCUT2D eigenvalue weighted by molar-refractivity contribution is -0.173. The quantitative estimate of drug-likeness (QED) is 0.577. The third kappa shape index (κ3) is 1.74. The number of methoxy groups -OCH3 is 2. The summed E-state index contributed by atoms with van der Waals surface area (Å²) in [5.41, 5.74) is 0.461. The highest BCUT2D eigenvalue weighted by molar-refractivity contribution is 6.05. The molecule has 5 nitrogen and oxygen atoms in total. The number of ether oxygens (including phenoxy) is 2. The topological polar surface area (TPSA) is 69.7 Å². The second kappa shape index (κ2) is 5.21. The lowest BCUT2D eigenvalue weighted by Gasteiger charge is -2.32. The zero-order valence-corrected chi connectivity index (χ0v) is 13.3. The van der Waals surface area contributed by atoms with E-state index in [4.69, 9.17) is 9.47 Å². The summed E-state index contributed by atoms with van der Waals surface area (Å²) in [7, 11) is 2.61. The predicted octanol–water partition coefficient (Wildman–Crippen LogP) is 2.04. The molecule has 0 spiro atoms. The van der Waals surface area contributed by atoms with Gasteiger partial charge in [0.25, 0.3) is 0 Å². The first kappa shape index (κ1) is 15.3. The summed E-state index contributed by atoms with van der Waals surface area (Å²) in [6, 6.07) is 0. The van der Waals surface area contributed by atoms with Gasteiger partial charge in [-0.05, 0) is 43.6 Å². The Hall–Kier alpha value is -1.65. The molecular formula is C17H22O5. The van der Waals surface area contributed by atoms with Gasteiger partial charge in [-0.2, -0.15) is 0 Å². The fourth-order valence-corrected chi connectivity index (χ4v) is 4.96. The maximum atomic E-state index is 12.5. The van der Waals surface area contributed by atoms with Gasteiger partial charge >= 0.3 is 11.9 Å². The molecule has 3 rings (SSSR count). The Bertz CT molecular complexity index is 558. The maximum Gasteiger partial charge on any atom is 0.323 e. The Morgan fingerprint density at radius 2 is 1.68 bits per heavy atom. The van der Waals surface area contributed by atoms with Gasteiger partial charge in [0.15, 0.2) is 11.2 Å². The van der Waals surface area contributed by atoms with Gasteiger partial charge in [0.2, 0.25) is 0 Å². The van der Waals surface area contributed by atoms with Crippen molar-refractivity contribution in [1.29, 1.82) is 0 Å². The Kier molecular flexibility index (Phi) is 3.62. The summed E-state index contributed by atoms with van der Waals surface area (Å²) in [5.74, 6) is -1.09. The maximum absolute atomic E-state index is 12.5. The van der Waals surface area contributed by atoms with Crippen molar-refractivity contribution < 1.29 is 23.9 Å². The van der Waals surface area contributed by atoms with Crippen molar-refractivity contribution in [2.45, 2.75) is 39.0 Å². The van der Waals surface area contributed by atoms with Crippen molar-refractivity contribution in [1.82, 2.24) is 0 Å². The van der Waals surface area contributed by atoms with E-state index in [0.29, 0.717) is 0 Å². The molecule has 5 heteroatoms. The van der Waals surface area contributed by atoms with Crippen LogP contribution in [0, 0.1) is 23.2 Å². The first-order valence-electron chi connectivity index (χ1n) is 7.89. The van der Waals surface area contributed by atoms with E-state index in [2.05, 4.69) is 0 Å². The molecule has 0 amide bonds. The van der Waals surface area contributed by atoms with Crippen molar-refractivity contribution in [2.75, 3.05) is 14.2 Å². The Morgan fingerprint density at radius 3 is 2.27 bits per heavy atom. The summed E-state index contributed by atoms with van der Waals surface area (Å²) in [4.78, 5) is 37.6. The summed E-state index contributed by atoms with van der Waals surface area (Å²) < 4.78 is 9.95. The van der Waals surface area contributed by atoms with Crippen molar-refractivity contribution in [3.05, 3.63) is 11.1 Å². The van der Waals surface area contributed by atoms with Crippen molar-refractivity contribution in [3.8, 4) is 0 Å². The molecule has 3 aliphatic rings. The van der Waals surface area contributed by atoms with Gasteiger partial charge in [-0.3, -0.25) is 14.4 Å². The third-order valence-electron chi connectivity index (χ3n) is 5.94. The van der Waals surface area contributed by atoms with Crippen LogP contribution in [-0.2, 0) is 23.9 Å². The number of Topliss-reactive ketones (excluding diaryl/α,β-unsaturated/α-hetero) is 1. The van der Waals surface area contributed by atoms with Gasteiger partial charge < -0.3 is 9.47 Å². The number of esters is 2. The van der Waals surface area contributed by atoms with E-state index < -0.39 is 17.4 Å². The molecule has 0 radical (unpaired) electrons. The molecule has 22 heavy (non-hydrogen) atoms. The summed E-state index contributed by atoms with van der Waals surface area (Å²) in [6.07, 6.45) is 3.76. The zero-order chi connectivity index (χ0) is 16.1. The van der Waals surface area contributed by atoms with E-state index >= 15 is 0 Å². The van der Waals surface area contributed by atoms with E-state index in [1.165, 1.54) is 14.2 Å². The Balaban J connectivity index is 2.16. The number of rotatable bonds is 2. The summed E-state index contributed by atoms with van der Waals surface area (Å²) in [5, 5.41) is 0. The predicted molar refractivity (Wildman–Crippen MR) is 77.7 cm³/mol. The average molecular weight is 306 g/mol. The van der Waals surface area contributed by atoms with Crippen molar-refractivity contribution in [2.24, 2.45) is 23.2 Å². The van der Waals surface area contributed by atoms with Crippen molar-refractivity contribution >= 4 is 17.7 Å². The minimum absolute atomic E-state index is 0.00759. The first-order valence-corrected chi connectivity index (χ1v) is 7.89. The second-order valence-corrected chi connectivity index (χ2v) is 6.67. The fraction of sp³-hybridized carbons (Fsp3) is 0.706. The normalized spacial score (nSPS) is 32.5. The van der Waals surface area contributed by atoms with Crippen LogP contribution in [0.5, 0.6) is 0 Å². The number of hydrogen-bond acceptors (Lipinski definition) is 5. The van der Waals surface area contributed by atoms with Crippen LogP contribution < -0.4 is 0 Å². The second-order valence-electron chi connectivity index (χ2n) is 6.67. The Morgan fingerprint density at radius 1 is 1.09 bits per heavy atom. The summed E-state index contributed by atoms with van der Waals surface area (Å²) >= 11 is 0. The first-order chi connectivity index (χ1) is 10.5. The SMILES string of the molecule is COC(=O)C1(C(=O)OC)CC2=C(C)C(=O)C3CCCCC1C23. The van der Waals surface area contributed by atoms with Gasteiger partial charge in [0, 0.05) is 5.92 Å². The van der Waals surface area contributed by atoms with Crippen LogP contribution in [0.4, 0.5) is 0 Å². The monoisotopic (exact) mass is 306 g/mol. The van der Waals surface area contributed by atoms with Crippen LogP contribution in [0.1, 0.15) is 39.0 Å². The Labute approximate surface area is 130 Å². The van der Waals surface area contributed by atoms with Crippen LogP contribution in [0.15, 0.2) is 11.1 Å². The van der Waals surface area contributed by atoms with E-state index in [9.17, 15) is 14.4 Å². The van der Waals surface area contributed by atoms with Crippen LogP contribution >= 0.6 is 0 Å². The van der Waals surface area contributed by atoms with Crippen LogP contribution in [0.25, 0.3) is 0 Å². The van der Waals surface area contributed by atoms with Gasteiger partial charge in [-0.25, -0.2) is 0 Å². The highest BCUT2D eigenvalue weighted by Gasteiger charge is 2.66. The molecule has 2 saturated carbocycles. The molecule has 0 N–H and O–H groups in total. The number of carbonyl (C=O) groups is 3. The molecule has 0 aliphatic heterocycles. The highest BCUT2D eigenvalue weighted by Crippen LogP contribution is 2.61. The molecule has 3 aliphatic carbocycles. The highest BCUT2D eigenvalue weighted by atomic mass is 16.5. The molecule has 0 aromatic heterocycles. The van der Waals surface area contributed by atoms with Crippen molar-refractivity contribution in [3.63, 3.8) is 0 Å². The lowest BCUT2D eigenvalue weighted by atomic mass is 9.71. The van der Waals surface area contributed by atoms with Gasteiger partial charge in [-0.15, -0.1) is 0 Å². The average Bonchev–Trinajstić information content (AvgIpc) is 2.85. The van der Waals surface area contributed by atoms with E-state index in [0.717, 1.165) is 36.8 Å². The number of ketones is 1. The molecule has 0 aromatic carbocycles. The van der Waals surface area contributed by atoms with Gasteiger partial charge in [-0.1, -0.05) is 18.4 Å². The molecule has 2 fully saturated rings. The smallest absolute Gasteiger partial charge is 0.323 e. The molecular weight excluding hydrogens is 284 g/mol. The van der Waals surface area contributed by atoms with E-state index in [1.807, 2.05) is 6.92 Å². The molecule has 0 saturated heterocycles. The van der Waals surface area contributed by atoms with Crippen LogP contribution in [0.2, 0.25) is 0 Å². The van der Waals surface area contributed by atoms with Crippen LogP contribution in [-0.4, -0.2) is 31.9 Å². The summed E-state index contributed by atoms with van der Waals surface area (Å²) in [6.45, 7) is 1.83. The molecule has 0 heterocycles. The molecule has 0 bridgehead atoms. The van der Waals surface area contributed by atoms with E-state index in [1.54, 1.807) is 0 Å². The van der Waals surface area contributed by atoms with Gasteiger partial charge in [0.05, 0.1) is 14.2 Å². The largest absolute Gasteiger partial charge is 0.468 e. The van der Waals surface area contributed by atoms with E-state index in [-0.39, 0.29) is 30.0 Å². The standard InChI is InChI=1S/C17H22O5/c1-9-11-8-17(15(19)21-2,16(20)22-3)12-7-5-4-6-10(13(11)12)14(9)18/h10,12-13H,4-8H2,1-3H3. The van der Waals surface area contributed by atoms with Crippen LogP contribution in [0.3, 0.4) is 0 Å². The van der Waals surface area contributed by atoms with Gasteiger partial charge in [0.1, 0.15) is 0 Å². The molecule has 120 valence electrons. The minimum atomic E-state index is -1.27. The molecule has 3 atom stereocenters. The third-order valence-corrected chi connectivity index (χ3v) is 5.94. The number of allylic oxidation sites excluding steroid dienone is 2. The minimum Gasteiger partial charge on any atom is -0.468 e.